The van der Waals surface area contributed by atoms with Crippen molar-refractivity contribution in [2.75, 3.05) is 18.0 Å². The molecule has 6 rings (SSSR count). The molecule has 0 radical (unpaired) electrons. The van der Waals surface area contributed by atoms with Gasteiger partial charge in [0.1, 0.15) is 23.7 Å². The monoisotopic (exact) mass is 539 g/mol. The highest BCUT2D eigenvalue weighted by molar-refractivity contribution is 7.90. The summed E-state index contributed by atoms with van der Waals surface area (Å²) in [5, 5.41) is 3.30. The van der Waals surface area contributed by atoms with E-state index in [2.05, 4.69) is 14.9 Å². The summed E-state index contributed by atoms with van der Waals surface area (Å²) in [6.45, 7) is 0.850. The van der Waals surface area contributed by atoms with Crippen LogP contribution >= 0.6 is 0 Å². The van der Waals surface area contributed by atoms with Crippen molar-refractivity contribution in [1.29, 1.82) is 0 Å². The van der Waals surface area contributed by atoms with Crippen LogP contribution in [0.1, 0.15) is 25.0 Å². The topological polar surface area (TPSA) is 109 Å². The molecule has 37 heavy (non-hydrogen) atoms. The van der Waals surface area contributed by atoms with Crippen LogP contribution in [0.3, 0.4) is 0 Å². The van der Waals surface area contributed by atoms with E-state index in [1.165, 1.54) is 12.1 Å². The van der Waals surface area contributed by atoms with E-state index in [4.69, 9.17) is 4.52 Å². The van der Waals surface area contributed by atoms with Crippen molar-refractivity contribution in [3.05, 3.63) is 41.6 Å². The Labute approximate surface area is 208 Å². The molecular weight excluding hydrogens is 518 g/mol. The lowest BCUT2D eigenvalue weighted by atomic mass is 10.0. The Morgan fingerprint density at radius 1 is 1.16 bits per heavy atom. The predicted octanol–water partition coefficient (Wildman–Crippen LogP) is 3.58. The number of nitrogens with zero attached hydrogens (tertiary/aromatic N) is 4. The van der Waals surface area contributed by atoms with Crippen molar-refractivity contribution in [3.8, 4) is 11.3 Å². The average molecular weight is 540 g/mol. The van der Waals surface area contributed by atoms with E-state index < -0.39 is 63.1 Å². The Morgan fingerprint density at radius 3 is 2.54 bits per heavy atom. The van der Waals surface area contributed by atoms with E-state index in [1.807, 2.05) is 0 Å². The van der Waals surface area contributed by atoms with E-state index in [1.54, 1.807) is 6.92 Å². The minimum Gasteiger partial charge on any atom is -0.354 e. The molecule has 2 aromatic heterocycles. The SMILES string of the molecule is Cc1cc2onc(N3CC[C@H]4N(C[C@@H](NS(=O)(=O)C5CC5)C4(F)F)C3=O)c2c(-c2c(F)cccc2F)n1. The number of aryl methyl sites for hydroxylation is 1. The van der Waals surface area contributed by atoms with Gasteiger partial charge >= 0.3 is 6.03 Å². The largest absolute Gasteiger partial charge is 0.354 e. The molecule has 2 saturated heterocycles. The summed E-state index contributed by atoms with van der Waals surface area (Å²) >= 11 is 0. The van der Waals surface area contributed by atoms with Gasteiger partial charge < -0.3 is 9.42 Å². The van der Waals surface area contributed by atoms with Crippen molar-refractivity contribution in [2.45, 2.75) is 49.4 Å². The molecule has 1 saturated carbocycles. The Balaban J connectivity index is 1.38. The summed E-state index contributed by atoms with van der Waals surface area (Å²) < 4.78 is 91.9. The molecular formula is C23H21F4N5O4S. The van der Waals surface area contributed by atoms with E-state index in [-0.39, 0.29) is 35.4 Å². The molecule has 0 unspecified atom stereocenters. The van der Waals surface area contributed by atoms with Gasteiger partial charge in [0.25, 0.3) is 5.92 Å². The van der Waals surface area contributed by atoms with E-state index in [9.17, 15) is 22.0 Å². The molecule has 2 aliphatic heterocycles. The second-order valence-corrected chi connectivity index (χ2v) is 11.6. The molecule has 0 bridgehead atoms. The highest BCUT2D eigenvalue weighted by Crippen LogP contribution is 2.43. The van der Waals surface area contributed by atoms with Gasteiger partial charge in [-0.2, -0.15) is 0 Å². The summed E-state index contributed by atoms with van der Waals surface area (Å²) in [6.07, 6.45) is 0.619. The van der Waals surface area contributed by atoms with Gasteiger partial charge in [0.15, 0.2) is 11.4 Å². The number of hydrogen-bond donors (Lipinski definition) is 1. The number of anilines is 1. The lowest BCUT2D eigenvalue weighted by Crippen LogP contribution is -2.56. The van der Waals surface area contributed by atoms with Gasteiger partial charge in [-0.15, -0.1) is 0 Å². The number of fused-ring (bicyclic) bond motifs is 2. The van der Waals surface area contributed by atoms with Crippen molar-refractivity contribution in [2.24, 2.45) is 0 Å². The molecule has 3 fully saturated rings. The molecule has 1 N–H and O–H groups in total. The number of carbonyl (C=O) groups excluding carboxylic acids is 1. The maximum Gasteiger partial charge on any atom is 0.326 e. The number of aromatic nitrogens is 2. The number of sulfonamides is 1. The molecule has 14 heteroatoms. The van der Waals surface area contributed by atoms with Crippen LogP contribution in [0.4, 0.5) is 28.2 Å². The Morgan fingerprint density at radius 2 is 1.86 bits per heavy atom. The third-order valence-electron chi connectivity index (χ3n) is 7.06. The number of pyridine rings is 1. The summed E-state index contributed by atoms with van der Waals surface area (Å²) in [5.74, 6) is -5.38. The number of carbonyl (C=O) groups is 1. The third-order valence-corrected chi connectivity index (χ3v) is 9.02. The number of hydrogen-bond acceptors (Lipinski definition) is 6. The number of nitrogens with one attached hydrogen (secondary N) is 1. The van der Waals surface area contributed by atoms with Crippen LogP contribution in [0.2, 0.25) is 0 Å². The van der Waals surface area contributed by atoms with Crippen LogP contribution in [0.15, 0.2) is 28.8 Å². The van der Waals surface area contributed by atoms with Crippen LogP contribution in [0.25, 0.3) is 22.2 Å². The van der Waals surface area contributed by atoms with Crippen LogP contribution in [0.5, 0.6) is 0 Å². The number of alkyl halides is 2. The predicted molar refractivity (Wildman–Crippen MR) is 124 cm³/mol. The fourth-order valence-corrected chi connectivity index (χ4v) is 6.67. The molecule has 3 aliphatic rings. The summed E-state index contributed by atoms with van der Waals surface area (Å²) in [4.78, 5) is 19.7. The van der Waals surface area contributed by atoms with Gasteiger partial charge in [-0.05, 0) is 38.3 Å². The zero-order valence-electron chi connectivity index (χ0n) is 19.4. The van der Waals surface area contributed by atoms with E-state index in [0.717, 1.165) is 21.9 Å². The number of rotatable bonds is 5. The smallest absolute Gasteiger partial charge is 0.326 e. The number of amides is 2. The average Bonchev–Trinajstić information content (AvgIpc) is 3.56. The fraction of sp³-hybridized carbons (Fsp3) is 0.435. The normalized spacial score (nSPS) is 23.6. The maximum atomic E-state index is 15.2. The fourth-order valence-electron chi connectivity index (χ4n) is 5.09. The van der Waals surface area contributed by atoms with Crippen LogP contribution < -0.4 is 9.62 Å². The third kappa shape index (κ3) is 3.76. The van der Waals surface area contributed by atoms with E-state index in [0.29, 0.717) is 18.5 Å². The molecule has 1 aromatic carbocycles. The van der Waals surface area contributed by atoms with Crippen LogP contribution in [0, 0.1) is 18.6 Å². The Bertz CT molecular complexity index is 1520. The molecule has 2 atom stereocenters. The first-order chi connectivity index (χ1) is 17.5. The van der Waals surface area contributed by atoms with Crippen molar-refractivity contribution in [3.63, 3.8) is 0 Å². The molecule has 0 spiro atoms. The lowest BCUT2D eigenvalue weighted by Gasteiger charge is -2.37. The highest BCUT2D eigenvalue weighted by Gasteiger charge is 2.61. The second-order valence-electron chi connectivity index (χ2n) is 9.57. The number of benzene rings is 1. The maximum absolute atomic E-state index is 15.2. The zero-order chi connectivity index (χ0) is 26.3. The van der Waals surface area contributed by atoms with Crippen LogP contribution in [-0.2, 0) is 10.0 Å². The summed E-state index contributed by atoms with van der Waals surface area (Å²) in [6, 6.07) is 0.669. The molecule has 9 nitrogen and oxygen atoms in total. The minimum absolute atomic E-state index is 0.0540. The van der Waals surface area contributed by atoms with Gasteiger partial charge in [-0.1, -0.05) is 11.2 Å². The summed E-state index contributed by atoms with van der Waals surface area (Å²) in [5.41, 5.74) is -0.0939. The molecule has 2 amide bonds. The first kappa shape index (κ1) is 24.1. The quantitative estimate of drug-likeness (QED) is 0.497. The summed E-state index contributed by atoms with van der Waals surface area (Å²) in [7, 11) is -3.92. The Hall–Kier alpha value is -3.26. The van der Waals surface area contributed by atoms with Crippen molar-refractivity contribution >= 4 is 32.8 Å². The van der Waals surface area contributed by atoms with Gasteiger partial charge in [-0.25, -0.2) is 35.5 Å². The van der Waals surface area contributed by atoms with Gasteiger partial charge in [0, 0.05) is 24.8 Å². The van der Waals surface area contributed by atoms with Gasteiger partial charge in [-0.3, -0.25) is 9.88 Å². The van der Waals surface area contributed by atoms with Gasteiger partial charge in [0.05, 0.1) is 21.9 Å². The zero-order valence-corrected chi connectivity index (χ0v) is 20.2. The minimum atomic E-state index is -3.92. The molecule has 3 aromatic rings. The second kappa shape index (κ2) is 8.12. The van der Waals surface area contributed by atoms with Crippen molar-refractivity contribution in [1.82, 2.24) is 19.8 Å². The standard InChI is InChI=1S/C23H21F4N5O4S/c1-11-9-15-19(20(28-11)18-13(24)3-2-4-14(18)25)21(29-36-15)31-8-7-17-23(26,27)16(10-32(17)22(31)33)30-37(34,35)12-5-6-12/h2-4,9,12,16-17,30H,5-8,10H2,1H3/t16-,17-/m1/s1. The van der Waals surface area contributed by atoms with Crippen molar-refractivity contribution < 1.29 is 35.3 Å². The number of urea groups is 1. The first-order valence-electron chi connectivity index (χ1n) is 11.7. The lowest BCUT2D eigenvalue weighted by molar-refractivity contribution is -0.0448. The van der Waals surface area contributed by atoms with E-state index >= 15 is 8.78 Å². The van der Waals surface area contributed by atoms with Crippen LogP contribution in [-0.4, -0.2) is 65.8 Å². The molecule has 4 heterocycles. The molecule has 196 valence electrons. The first-order valence-corrected chi connectivity index (χ1v) is 13.2. The highest BCUT2D eigenvalue weighted by atomic mass is 32.2. The molecule has 1 aliphatic carbocycles. The Kier molecular flexibility index (Phi) is 5.29. The van der Waals surface area contributed by atoms with Gasteiger partial charge in [0.2, 0.25) is 10.0 Å². The number of halogens is 4.